The first-order valence-corrected chi connectivity index (χ1v) is 18.2. The summed E-state index contributed by atoms with van der Waals surface area (Å²) in [6.07, 6.45) is 9.29. The number of aromatic nitrogens is 3. The van der Waals surface area contributed by atoms with Crippen molar-refractivity contribution in [3.63, 3.8) is 0 Å². The van der Waals surface area contributed by atoms with Gasteiger partial charge in [-0.2, -0.15) is 0 Å². The minimum Gasteiger partial charge on any atom is -0.490 e. The van der Waals surface area contributed by atoms with Gasteiger partial charge in [-0.1, -0.05) is 0 Å². The summed E-state index contributed by atoms with van der Waals surface area (Å²) in [5.74, 6) is 1.62. The lowest BCUT2D eigenvalue weighted by atomic mass is 9.61. The van der Waals surface area contributed by atoms with Crippen molar-refractivity contribution >= 4 is 11.7 Å². The van der Waals surface area contributed by atoms with Gasteiger partial charge in [0.15, 0.2) is 11.6 Å². The molecule has 0 atom stereocenters. The lowest BCUT2D eigenvalue weighted by Crippen LogP contribution is -2.65. The quantitative estimate of drug-likeness (QED) is 0.265. The highest BCUT2D eigenvalue weighted by atomic mass is 19.1. The molecule has 0 N–H and O–H groups in total. The van der Waals surface area contributed by atoms with Crippen LogP contribution in [0.2, 0.25) is 0 Å². The molecule has 5 aliphatic rings. The molecule has 1 aliphatic carbocycles. The van der Waals surface area contributed by atoms with Gasteiger partial charge in [0.25, 0.3) is 5.91 Å². The monoisotopic (exact) mass is 685 g/mol. The van der Waals surface area contributed by atoms with Gasteiger partial charge >= 0.3 is 0 Å². The van der Waals surface area contributed by atoms with E-state index in [0.717, 1.165) is 77.5 Å². The molecule has 266 valence electrons. The molecular weight excluding hydrogens is 637 g/mol. The number of pyridine rings is 1. The molecule has 1 saturated carbocycles. The number of fused-ring (bicyclic) bond motifs is 1. The van der Waals surface area contributed by atoms with Crippen molar-refractivity contribution in [1.82, 2.24) is 29.7 Å². The molecule has 3 aromatic rings. The molecule has 4 fully saturated rings. The number of nitrogens with zero attached hydrogens (tertiary/aromatic N) is 7. The Morgan fingerprint density at radius 1 is 1.04 bits per heavy atom. The third-order valence-electron chi connectivity index (χ3n) is 11.3. The van der Waals surface area contributed by atoms with Crippen molar-refractivity contribution in [3.8, 4) is 17.2 Å². The molecule has 2 aromatic heterocycles. The summed E-state index contributed by atoms with van der Waals surface area (Å²) in [4.78, 5) is 35.8. The zero-order valence-electron chi connectivity index (χ0n) is 29.4. The number of anilines is 1. The van der Waals surface area contributed by atoms with Crippen LogP contribution in [0.25, 0.3) is 0 Å². The molecule has 12 heteroatoms. The summed E-state index contributed by atoms with van der Waals surface area (Å²) < 4.78 is 32.7. The zero-order chi connectivity index (χ0) is 34.5. The van der Waals surface area contributed by atoms with Crippen LogP contribution in [0.5, 0.6) is 17.2 Å². The van der Waals surface area contributed by atoms with Crippen molar-refractivity contribution < 1.29 is 23.4 Å². The van der Waals surface area contributed by atoms with Crippen molar-refractivity contribution in [2.24, 2.45) is 10.8 Å². The number of hydrogen-bond acceptors (Lipinski definition) is 10. The molecule has 1 amide bonds. The van der Waals surface area contributed by atoms with Gasteiger partial charge in [-0.3, -0.25) is 14.7 Å². The van der Waals surface area contributed by atoms with Crippen LogP contribution in [0.3, 0.4) is 0 Å². The second-order valence-electron chi connectivity index (χ2n) is 15.5. The van der Waals surface area contributed by atoms with Gasteiger partial charge in [0, 0.05) is 86.6 Å². The SMILES string of the molecule is CCN(C(=O)c1cc(F)ccc1Oc1cncnc1N1CC2(CC(Oc3ccnc4c3CN(CCCN3CC5(COC5)C3)CC4)C2)C1)C(C)C. The van der Waals surface area contributed by atoms with Gasteiger partial charge in [-0.15, -0.1) is 0 Å². The number of rotatable bonds is 12. The van der Waals surface area contributed by atoms with E-state index in [4.69, 9.17) is 19.2 Å². The largest absolute Gasteiger partial charge is 0.490 e. The molecule has 3 saturated heterocycles. The normalized spacial score (nSPS) is 20.9. The van der Waals surface area contributed by atoms with Crippen LogP contribution in [-0.2, 0) is 17.7 Å². The minimum atomic E-state index is -0.489. The Balaban J connectivity index is 0.856. The molecule has 6 heterocycles. The Kier molecular flexibility index (Phi) is 8.89. The highest BCUT2D eigenvalue weighted by Gasteiger charge is 2.54. The average Bonchev–Trinajstić information content (AvgIpc) is 3.03. The number of likely N-dealkylation sites (tertiary alicyclic amines) is 1. The third-order valence-corrected chi connectivity index (χ3v) is 11.3. The summed E-state index contributed by atoms with van der Waals surface area (Å²) >= 11 is 0. The number of carbonyl (C=O) groups excluding carboxylic acids is 1. The van der Waals surface area contributed by atoms with Crippen molar-refractivity contribution in [2.45, 2.75) is 65.1 Å². The highest BCUT2D eigenvalue weighted by Crippen LogP contribution is 2.52. The van der Waals surface area contributed by atoms with Crippen LogP contribution in [-0.4, -0.2) is 113 Å². The van der Waals surface area contributed by atoms with Crippen molar-refractivity contribution in [3.05, 3.63) is 65.6 Å². The van der Waals surface area contributed by atoms with Gasteiger partial charge in [-0.05, 0) is 77.4 Å². The number of ether oxygens (including phenoxy) is 3. The van der Waals surface area contributed by atoms with E-state index in [1.165, 1.54) is 55.3 Å². The fourth-order valence-electron chi connectivity index (χ4n) is 8.66. The predicted molar refractivity (Wildman–Crippen MR) is 186 cm³/mol. The fourth-order valence-corrected chi connectivity index (χ4v) is 8.66. The van der Waals surface area contributed by atoms with Crippen LogP contribution in [0.4, 0.5) is 10.2 Å². The first-order valence-electron chi connectivity index (χ1n) is 18.2. The van der Waals surface area contributed by atoms with Gasteiger partial charge < -0.3 is 28.9 Å². The Morgan fingerprint density at radius 2 is 1.84 bits per heavy atom. The summed E-state index contributed by atoms with van der Waals surface area (Å²) in [6.45, 7) is 16.4. The van der Waals surface area contributed by atoms with E-state index < -0.39 is 5.82 Å². The van der Waals surface area contributed by atoms with Crippen molar-refractivity contribution in [1.29, 1.82) is 0 Å². The average molecular weight is 686 g/mol. The second kappa shape index (κ2) is 13.4. The standard InChI is InChI=1S/C38H48FN7O4/c1-4-46(26(2)3)36(47)29-14-27(39)6-7-32(29)50-34-17-40-25-42-35(34)45-21-37(22-45)15-28(16-37)49-33-8-10-41-31-9-13-43(18-30(31)33)11-5-12-44-19-38(20-44)23-48-24-38/h6-8,10,14,17,25-26,28H,4-5,9,11-13,15-16,18-24H2,1-3H3. The summed E-state index contributed by atoms with van der Waals surface area (Å²) in [6, 6.07) is 6.06. The number of amides is 1. The van der Waals surface area contributed by atoms with E-state index in [-0.39, 0.29) is 34.8 Å². The van der Waals surface area contributed by atoms with E-state index in [1.54, 1.807) is 11.1 Å². The Hall–Kier alpha value is -3.87. The first kappa shape index (κ1) is 33.3. The molecule has 0 bridgehead atoms. The van der Waals surface area contributed by atoms with Crippen LogP contribution < -0.4 is 14.4 Å². The predicted octanol–water partition coefficient (Wildman–Crippen LogP) is 4.80. The Bertz CT molecular complexity index is 1710. The first-order chi connectivity index (χ1) is 24.2. The van der Waals surface area contributed by atoms with Gasteiger partial charge in [0.05, 0.1) is 25.0 Å². The summed E-state index contributed by atoms with van der Waals surface area (Å²) in [7, 11) is 0. The summed E-state index contributed by atoms with van der Waals surface area (Å²) in [5, 5.41) is 0. The molecule has 11 nitrogen and oxygen atoms in total. The zero-order valence-corrected chi connectivity index (χ0v) is 29.4. The van der Waals surface area contributed by atoms with Gasteiger partial charge in [0.1, 0.15) is 29.7 Å². The molecule has 0 radical (unpaired) electrons. The van der Waals surface area contributed by atoms with Gasteiger partial charge in [-0.25, -0.2) is 14.4 Å². The Labute approximate surface area is 293 Å². The lowest BCUT2D eigenvalue weighted by Gasteiger charge is -2.59. The van der Waals surface area contributed by atoms with Crippen LogP contribution in [0, 0.1) is 16.6 Å². The summed E-state index contributed by atoms with van der Waals surface area (Å²) in [5.41, 5.74) is 3.26. The highest BCUT2D eigenvalue weighted by molar-refractivity contribution is 5.97. The van der Waals surface area contributed by atoms with Crippen LogP contribution >= 0.6 is 0 Å². The molecule has 4 aliphatic heterocycles. The van der Waals surface area contributed by atoms with Gasteiger partial charge in [0.2, 0.25) is 0 Å². The molecule has 8 rings (SSSR count). The smallest absolute Gasteiger partial charge is 0.257 e. The molecular formula is C38H48FN7O4. The molecule has 2 spiro atoms. The minimum absolute atomic E-state index is 0.0355. The maximum absolute atomic E-state index is 14.3. The van der Waals surface area contributed by atoms with Crippen molar-refractivity contribution in [2.75, 3.05) is 70.5 Å². The number of carbonyl (C=O) groups is 1. The van der Waals surface area contributed by atoms with E-state index in [2.05, 4.69) is 24.7 Å². The Morgan fingerprint density at radius 3 is 2.58 bits per heavy atom. The maximum atomic E-state index is 14.3. The number of hydrogen-bond donors (Lipinski definition) is 0. The fraction of sp³-hybridized carbons (Fsp3) is 0.579. The lowest BCUT2D eigenvalue weighted by molar-refractivity contribution is -0.188. The number of halogens is 1. The van der Waals surface area contributed by atoms with E-state index in [9.17, 15) is 9.18 Å². The molecule has 1 aromatic carbocycles. The number of benzene rings is 1. The van der Waals surface area contributed by atoms with E-state index >= 15 is 0 Å². The van der Waals surface area contributed by atoms with Crippen LogP contribution in [0.15, 0.2) is 43.0 Å². The second-order valence-corrected chi connectivity index (χ2v) is 15.5. The topological polar surface area (TPSA) is 96.4 Å². The van der Waals surface area contributed by atoms with E-state index in [0.29, 0.717) is 23.5 Å². The maximum Gasteiger partial charge on any atom is 0.257 e. The molecule has 0 unspecified atom stereocenters. The molecule has 50 heavy (non-hydrogen) atoms. The van der Waals surface area contributed by atoms with E-state index in [1.807, 2.05) is 33.0 Å². The van der Waals surface area contributed by atoms with Crippen LogP contribution in [0.1, 0.15) is 61.6 Å². The third kappa shape index (κ3) is 6.41.